The summed E-state index contributed by atoms with van der Waals surface area (Å²) in [5, 5.41) is 8.77. The maximum atomic E-state index is 12.9. The highest BCUT2D eigenvalue weighted by atomic mass is 19.3. The summed E-state index contributed by atoms with van der Waals surface area (Å²) < 4.78 is 35.1. The van der Waals surface area contributed by atoms with E-state index >= 15 is 0 Å². The lowest BCUT2D eigenvalue weighted by Crippen LogP contribution is -2.12. The van der Waals surface area contributed by atoms with Crippen LogP contribution < -0.4 is 4.74 Å². The minimum absolute atomic E-state index is 0.0358. The number of methoxy groups -OCH3 is 1. The Bertz CT molecular complexity index is 498. The van der Waals surface area contributed by atoms with Crippen LogP contribution in [0.5, 0.6) is 5.88 Å². The van der Waals surface area contributed by atoms with Crippen LogP contribution in [0.15, 0.2) is 6.07 Å². The van der Waals surface area contributed by atoms with Gasteiger partial charge in [0.1, 0.15) is 6.07 Å². The van der Waals surface area contributed by atoms with Gasteiger partial charge in [-0.25, -0.2) is 18.6 Å². The molecule has 0 saturated carbocycles. The number of hydrogen-bond donors (Lipinski definition) is 0. The third-order valence-corrected chi connectivity index (χ3v) is 2.06. The van der Waals surface area contributed by atoms with Crippen LogP contribution in [0.3, 0.4) is 0 Å². The van der Waals surface area contributed by atoms with Gasteiger partial charge < -0.3 is 9.47 Å². The molecule has 1 aromatic heterocycles. The van der Waals surface area contributed by atoms with E-state index in [9.17, 15) is 13.6 Å². The predicted molar refractivity (Wildman–Crippen MR) is 56.4 cm³/mol. The molecular formula is C11H10F2N2O3. The number of pyridine rings is 1. The topological polar surface area (TPSA) is 72.2 Å². The maximum absolute atomic E-state index is 12.9. The molecule has 0 aliphatic heterocycles. The van der Waals surface area contributed by atoms with Crippen molar-refractivity contribution in [3.63, 3.8) is 0 Å². The summed E-state index contributed by atoms with van der Waals surface area (Å²) >= 11 is 0. The van der Waals surface area contributed by atoms with Crippen molar-refractivity contribution in [3.05, 3.63) is 22.9 Å². The third kappa shape index (κ3) is 2.71. The molecule has 0 spiro atoms. The Morgan fingerprint density at radius 2 is 2.28 bits per heavy atom. The Hall–Kier alpha value is -2.23. The molecule has 96 valence electrons. The van der Waals surface area contributed by atoms with Crippen LogP contribution in [0.1, 0.15) is 35.0 Å². The van der Waals surface area contributed by atoms with Gasteiger partial charge in [0.15, 0.2) is 5.69 Å². The second kappa shape index (κ2) is 5.91. The standard InChI is InChI=1S/C11H10F2N2O3/c1-3-18-11(16)6-4-8(17-2)15-7(5-14)9(6)10(12)13/h4,10H,3H2,1-2H3. The molecule has 0 amide bonds. The van der Waals surface area contributed by atoms with Crippen molar-refractivity contribution in [2.24, 2.45) is 0 Å². The molecule has 0 fully saturated rings. The molecule has 0 radical (unpaired) electrons. The van der Waals surface area contributed by atoms with Gasteiger partial charge in [0, 0.05) is 6.07 Å². The highest BCUT2D eigenvalue weighted by Gasteiger charge is 2.25. The number of ether oxygens (including phenoxy) is 2. The van der Waals surface area contributed by atoms with Crippen molar-refractivity contribution in [3.8, 4) is 11.9 Å². The molecule has 0 N–H and O–H groups in total. The molecule has 1 heterocycles. The van der Waals surface area contributed by atoms with E-state index in [-0.39, 0.29) is 12.5 Å². The molecule has 0 aliphatic carbocycles. The lowest BCUT2D eigenvalue weighted by atomic mass is 10.1. The quantitative estimate of drug-likeness (QED) is 0.771. The van der Waals surface area contributed by atoms with Crippen LogP contribution in [-0.2, 0) is 4.74 Å². The van der Waals surface area contributed by atoms with Crippen molar-refractivity contribution >= 4 is 5.97 Å². The number of rotatable bonds is 4. The van der Waals surface area contributed by atoms with Gasteiger partial charge in [0.05, 0.1) is 24.8 Å². The van der Waals surface area contributed by atoms with E-state index in [1.807, 2.05) is 0 Å². The van der Waals surface area contributed by atoms with Crippen LogP contribution >= 0.6 is 0 Å². The number of alkyl halides is 2. The Labute approximate surface area is 102 Å². The van der Waals surface area contributed by atoms with Gasteiger partial charge in [-0.3, -0.25) is 0 Å². The average Bonchev–Trinajstić information content (AvgIpc) is 2.36. The van der Waals surface area contributed by atoms with E-state index in [1.54, 1.807) is 6.92 Å². The van der Waals surface area contributed by atoms with Crippen molar-refractivity contribution in [1.82, 2.24) is 4.98 Å². The monoisotopic (exact) mass is 256 g/mol. The second-order valence-electron chi connectivity index (χ2n) is 3.11. The first-order valence-electron chi connectivity index (χ1n) is 4.99. The fourth-order valence-electron chi connectivity index (χ4n) is 1.32. The predicted octanol–water partition coefficient (Wildman–Crippen LogP) is 2.08. The van der Waals surface area contributed by atoms with Gasteiger partial charge in [0.2, 0.25) is 5.88 Å². The van der Waals surface area contributed by atoms with E-state index in [1.165, 1.54) is 13.2 Å². The van der Waals surface area contributed by atoms with Gasteiger partial charge in [-0.05, 0) is 6.92 Å². The van der Waals surface area contributed by atoms with Gasteiger partial charge in [-0.2, -0.15) is 5.26 Å². The van der Waals surface area contributed by atoms with E-state index in [2.05, 4.69) is 9.72 Å². The van der Waals surface area contributed by atoms with Gasteiger partial charge in [-0.1, -0.05) is 0 Å². The van der Waals surface area contributed by atoms with Gasteiger partial charge in [0.25, 0.3) is 6.43 Å². The van der Waals surface area contributed by atoms with Gasteiger partial charge >= 0.3 is 5.97 Å². The fraction of sp³-hybridized carbons (Fsp3) is 0.364. The molecule has 5 nitrogen and oxygen atoms in total. The van der Waals surface area contributed by atoms with Crippen molar-refractivity contribution < 1.29 is 23.0 Å². The van der Waals surface area contributed by atoms with Crippen molar-refractivity contribution in [2.75, 3.05) is 13.7 Å². The fourth-order valence-corrected chi connectivity index (χ4v) is 1.32. The van der Waals surface area contributed by atoms with E-state index in [4.69, 9.17) is 10.00 Å². The SMILES string of the molecule is CCOC(=O)c1cc(OC)nc(C#N)c1C(F)F. The number of nitriles is 1. The molecule has 0 aliphatic rings. The van der Waals surface area contributed by atoms with Crippen LogP contribution in [-0.4, -0.2) is 24.7 Å². The minimum Gasteiger partial charge on any atom is -0.481 e. The largest absolute Gasteiger partial charge is 0.481 e. The molecule has 0 bridgehead atoms. The van der Waals surface area contributed by atoms with Crippen LogP contribution in [0, 0.1) is 11.3 Å². The number of carbonyl (C=O) groups is 1. The molecular weight excluding hydrogens is 246 g/mol. The minimum atomic E-state index is -3.00. The Morgan fingerprint density at radius 1 is 1.61 bits per heavy atom. The highest BCUT2D eigenvalue weighted by Crippen LogP contribution is 2.28. The van der Waals surface area contributed by atoms with E-state index < -0.39 is 29.2 Å². The second-order valence-corrected chi connectivity index (χ2v) is 3.11. The summed E-state index contributed by atoms with van der Waals surface area (Å²) in [6.07, 6.45) is -3.00. The molecule has 0 aromatic carbocycles. The first-order chi connectivity index (χ1) is 8.54. The number of halogens is 2. The number of hydrogen-bond acceptors (Lipinski definition) is 5. The summed E-state index contributed by atoms with van der Waals surface area (Å²) in [4.78, 5) is 15.1. The zero-order valence-corrected chi connectivity index (χ0v) is 9.74. The van der Waals surface area contributed by atoms with E-state index in [0.29, 0.717) is 0 Å². The normalized spacial score (nSPS) is 10.0. The van der Waals surface area contributed by atoms with Crippen molar-refractivity contribution in [1.29, 1.82) is 5.26 Å². The number of nitrogens with zero attached hydrogens (tertiary/aromatic N) is 2. The Morgan fingerprint density at radius 3 is 2.72 bits per heavy atom. The Kier molecular flexibility index (Phi) is 4.54. The maximum Gasteiger partial charge on any atom is 0.338 e. The van der Waals surface area contributed by atoms with Crippen LogP contribution in [0.25, 0.3) is 0 Å². The molecule has 0 atom stereocenters. The third-order valence-electron chi connectivity index (χ3n) is 2.06. The Balaban J connectivity index is 3.45. The lowest BCUT2D eigenvalue weighted by Gasteiger charge is -2.10. The summed E-state index contributed by atoms with van der Waals surface area (Å²) in [6, 6.07) is 2.54. The highest BCUT2D eigenvalue weighted by molar-refractivity contribution is 5.92. The summed E-state index contributed by atoms with van der Waals surface area (Å²) in [5.74, 6) is -1.04. The molecule has 0 unspecified atom stereocenters. The first kappa shape index (κ1) is 13.8. The number of esters is 1. The van der Waals surface area contributed by atoms with Crippen LogP contribution in [0.4, 0.5) is 8.78 Å². The van der Waals surface area contributed by atoms with Gasteiger partial charge in [-0.15, -0.1) is 0 Å². The summed E-state index contributed by atoms with van der Waals surface area (Å²) in [7, 11) is 1.25. The molecule has 7 heteroatoms. The van der Waals surface area contributed by atoms with E-state index in [0.717, 1.165) is 6.07 Å². The van der Waals surface area contributed by atoms with Crippen LogP contribution in [0.2, 0.25) is 0 Å². The zero-order valence-electron chi connectivity index (χ0n) is 9.74. The number of aromatic nitrogens is 1. The average molecular weight is 256 g/mol. The summed E-state index contributed by atoms with van der Waals surface area (Å²) in [6.45, 7) is 1.58. The zero-order chi connectivity index (χ0) is 13.7. The molecule has 0 saturated heterocycles. The first-order valence-corrected chi connectivity index (χ1v) is 4.99. The lowest BCUT2D eigenvalue weighted by molar-refractivity contribution is 0.0514. The molecule has 1 aromatic rings. The smallest absolute Gasteiger partial charge is 0.338 e. The molecule has 1 rings (SSSR count). The number of carbonyl (C=O) groups excluding carboxylic acids is 1. The van der Waals surface area contributed by atoms with Crippen molar-refractivity contribution in [2.45, 2.75) is 13.3 Å². The summed E-state index contributed by atoms with van der Waals surface area (Å²) in [5.41, 5.74) is -1.69. The molecule has 18 heavy (non-hydrogen) atoms.